The molecule has 0 saturated heterocycles. The maximum absolute atomic E-state index is 11.7. The van der Waals surface area contributed by atoms with Crippen molar-refractivity contribution in [3.05, 3.63) is 23.7 Å². The Bertz CT molecular complexity index is 363. The zero-order chi connectivity index (χ0) is 12.3. The predicted molar refractivity (Wildman–Crippen MR) is 61.2 cm³/mol. The normalized spacial score (nSPS) is 13.6. The van der Waals surface area contributed by atoms with E-state index in [2.05, 4.69) is 5.32 Å². The number of aliphatic hydroxyl groups is 1. The number of nitrogens with one attached hydrogen (secondary N) is 1. The first-order chi connectivity index (χ1) is 7.32. The number of hydrogen-bond acceptors (Lipinski definition) is 3. The third-order valence-electron chi connectivity index (χ3n) is 2.56. The minimum Gasteiger partial charge on any atom is -0.469 e. The molecule has 1 aromatic heterocycles. The van der Waals surface area contributed by atoms with Gasteiger partial charge in [0.1, 0.15) is 5.76 Å². The monoisotopic (exact) mass is 225 g/mol. The zero-order valence-electron chi connectivity index (χ0n) is 10.2. The van der Waals surface area contributed by atoms with Crippen molar-refractivity contribution < 1.29 is 14.3 Å². The van der Waals surface area contributed by atoms with E-state index in [0.717, 1.165) is 0 Å². The van der Waals surface area contributed by atoms with Crippen LogP contribution in [-0.2, 0) is 0 Å². The van der Waals surface area contributed by atoms with E-state index >= 15 is 0 Å². The van der Waals surface area contributed by atoms with Crippen LogP contribution >= 0.6 is 0 Å². The van der Waals surface area contributed by atoms with Crippen molar-refractivity contribution in [2.45, 2.75) is 33.8 Å². The maximum atomic E-state index is 11.7. The summed E-state index contributed by atoms with van der Waals surface area (Å²) >= 11 is 0. The average Bonchev–Trinajstić information content (AvgIpc) is 2.58. The molecule has 0 saturated carbocycles. The quantitative estimate of drug-likeness (QED) is 0.823. The largest absolute Gasteiger partial charge is 0.469 e. The fourth-order valence-corrected chi connectivity index (χ4v) is 1.21. The lowest BCUT2D eigenvalue weighted by Gasteiger charge is -2.25. The molecule has 0 aromatic carbocycles. The van der Waals surface area contributed by atoms with Gasteiger partial charge < -0.3 is 14.8 Å². The third kappa shape index (κ3) is 3.10. The van der Waals surface area contributed by atoms with E-state index in [1.165, 1.54) is 6.26 Å². The van der Waals surface area contributed by atoms with Gasteiger partial charge in [-0.2, -0.15) is 0 Å². The van der Waals surface area contributed by atoms with Gasteiger partial charge in [0.25, 0.3) is 5.91 Å². The molecule has 0 aliphatic carbocycles. The number of hydrogen-bond donors (Lipinski definition) is 2. The van der Waals surface area contributed by atoms with Gasteiger partial charge in [0.15, 0.2) is 0 Å². The van der Waals surface area contributed by atoms with Crippen molar-refractivity contribution in [2.24, 2.45) is 5.41 Å². The molecule has 1 rings (SSSR count). The molecule has 2 N–H and O–H groups in total. The highest BCUT2D eigenvalue weighted by atomic mass is 16.3. The Labute approximate surface area is 95.7 Å². The molecule has 0 aliphatic rings. The van der Waals surface area contributed by atoms with Crippen LogP contribution in [0, 0.1) is 12.3 Å². The first-order valence-corrected chi connectivity index (χ1v) is 5.32. The molecular formula is C12H19NO3. The molecule has 4 heteroatoms. The summed E-state index contributed by atoms with van der Waals surface area (Å²) in [6.45, 7) is 7.74. The summed E-state index contributed by atoms with van der Waals surface area (Å²) in [5.41, 5.74) is 0.278. The summed E-state index contributed by atoms with van der Waals surface area (Å²) in [7, 11) is 0. The number of rotatable bonds is 3. The van der Waals surface area contributed by atoms with Gasteiger partial charge in [0.05, 0.1) is 17.9 Å². The van der Waals surface area contributed by atoms with Crippen molar-refractivity contribution >= 4 is 5.91 Å². The Morgan fingerprint density at radius 1 is 1.56 bits per heavy atom. The van der Waals surface area contributed by atoms with E-state index in [0.29, 0.717) is 11.3 Å². The maximum Gasteiger partial charge on any atom is 0.254 e. The SMILES string of the molecule is Cc1occc1C(=O)NCC(O)C(C)(C)C. The van der Waals surface area contributed by atoms with Crippen LogP contribution in [0.25, 0.3) is 0 Å². The number of aryl methyl sites for hydroxylation is 1. The van der Waals surface area contributed by atoms with Crippen molar-refractivity contribution in [3.8, 4) is 0 Å². The summed E-state index contributed by atoms with van der Waals surface area (Å²) in [5.74, 6) is 0.372. The highest BCUT2D eigenvalue weighted by Crippen LogP contribution is 2.18. The number of aliphatic hydroxyl groups excluding tert-OH is 1. The number of furan rings is 1. The standard InChI is InChI=1S/C12H19NO3/c1-8-9(5-6-16-8)11(15)13-7-10(14)12(2,3)4/h5-6,10,14H,7H2,1-4H3,(H,13,15). The molecule has 0 radical (unpaired) electrons. The Hall–Kier alpha value is -1.29. The molecule has 1 unspecified atom stereocenters. The van der Waals surface area contributed by atoms with Crippen LogP contribution < -0.4 is 5.32 Å². The van der Waals surface area contributed by atoms with Crippen LogP contribution in [0.3, 0.4) is 0 Å². The Morgan fingerprint density at radius 2 is 2.19 bits per heavy atom. The smallest absolute Gasteiger partial charge is 0.254 e. The fraction of sp³-hybridized carbons (Fsp3) is 0.583. The molecule has 16 heavy (non-hydrogen) atoms. The van der Waals surface area contributed by atoms with E-state index in [1.807, 2.05) is 20.8 Å². The summed E-state index contributed by atoms with van der Waals surface area (Å²) in [6, 6.07) is 1.62. The molecule has 4 nitrogen and oxygen atoms in total. The number of carbonyl (C=O) groups is 1. The second-order valence-corrected chi connectivity index (χ2v) is 4.98. The average molecular weight is 225 g/mol. The van der Waals surface area contributed by atoms with E-state index in [1.54, 1.807) is 13.0 Å². The first-order valence-electron chi connectivity index (χ1n) is 5.32. The van der Waals surface area contributed by atoms with Crippen LogP contribution in [0.1, 0.15) is 36.9 Å². The lowest BCUT2D eigenvalue weighted by atomic mass is 9.89. The highest BCUT2D eigenvalue weighted by Gasteiger charge is 2.23. The van der Waals surface area contributed by atoms with Gasteiger partial charge >= 0.3 is 0 Å². The van der Waals surface area contributed by atoms with Crippen molar-refractivity contribution in [1.82, 2.24) is 5.32 Å². The van der Waals surface area contributed by atoms with Crippen LogP contribution in [-0.4, -0.2) is 23.7 Å². The fourth-order valence-electron chi connectivity index (χ4n) is 1.21. The molecular weight excluding hydrogens is 206 g/mol. The zero-order valence-corrected chi connectivity index (χ0v) is 10.2. The Balaban J connectivity index is 2.52. The molecule has 1 atom stereocenters. The Morgan fingerprint density at radius 3 is 2.62 bits per heavy atom. The van der Waals surface area contributed by atoms with Gasteiger partial charge in [0.2, 0.25) is 0 Å². The molecule has 1 amide bonds. The second kappa shape index (κ2) is 4.70. The summed E-state index contributed by atoms with van der Waals surface area (Å²) < 4.78 is 5.04. The molecule has 0 aliphatic heterocycles. The predicted octanol–water partition coefficient (Wildman–Crippen LogP) is 1.72. The Kier molecular flexibility index (Phi) is 3.75. The van der Waals surface area contributed by atoms with Crippen LogP contribution in [0.15, 0.2) is 16.7 Å². The van der Waals surface area contributed by atoms with Crippen LogP contribution in [0.2, 0.25) is 0 Å². The summed E-state index contributed by atoms with van der Waals surface area (Å²) in [5, 5.41) is 12.4. The van der Waals surface area contributed by atoms with Gasteiger partial charge in [-0.3, -0.25) is 4.79 Å². The van der Waals surface area contributed by atoms with Crippen molar-refractivity contribution in [1.29, 1.82) is 0 Å². The van der Waals surface area contributed by atoms with Crippen molar-refractivity contribution in [2.75, 3.05) is 6.54 Å². The van der Waals surface area contributed by atoms with Gasteiger partial charge in [-0.05, 0) is 18.4 Å². The van der Waals surface area contributed by atoms with Gasteiger partial charge in [0, 0.05) is 6.54 Å². The third-order valence-corrected chi connectivity index (χ3v) is 2.56. The minimum atomic E-state index is -0.566. The molecule has 90 valence electrons. The number of carbonyl (C=O) groups excluding carboxylic acids is 1. The molecule has 0 bridgehead atoms. The second-order valence-electron chi connectivity index (χ2n) is 4.98. The summed E-state index contributed by atoms with van der Waals surface area (Å²) in [6.07, 6.45) is 0.911. The van der Waals surface area contributed by atoms with Gasteiger partial charge in [-0.25, -0.2) is 0 Å². The number of amides is 1. The van der Waals surface area contributed by atoms with E-state index in [9.17, 15) is 9.90 Å². The van der Waals surface area contributed by atoms with Crippen LogP contribution in [0.5, 0.6) is 0 Å². The molecule has 0 spiro atoms. The topological polar surface area (TPSA) is 62.5 Å². The van der Waals surface area contributed by atoms with Gasteiger partial charge in [-0.15, -0.1) is 0 Å². The van der Waals surface area contributed by atoms with Gasteiger partial charge in [-0.1, -0.05) is 20.8 Å². The summed E-state index contributed by atoms with van der Waals surface area (Å²) in [4.78, 5) is 11.7. The van der Waals surface area contributed by atoms with E-state index in [4.69, 9.17) is 4.42 Å². The molecule has 1 heterocycles. The first kappa shape index (κ1) is 12.8. The lowest BCUT2D eigenvalue weighted by molar-refractivity contribution is 0.0586. The van der Waals surface area contributed by atoms with E-state index in [-0.39, 0.29) is 17.9 Å². The van der Waals surface area contributed by atoms with Crippen molar-refractivity contribution in [3.63, 3.8) is 0 Å². The molecule has 0 fully saturated rings. The molecule has 1 aromatic rings. The lowest BCUT2D eigenvalue weighted by Crippen LogP contribution is -2.39. The minimum absolute atomic E-state index is 0.213. The van der Waals surface area contributed by atoms with E-state index < -0.39 is 6.10 Å². The van der Waals surface area contributed by atoms with Crippen LogP contribution in [0.4, 0.5) is 0 Å². The highest BCUT2D eigenvalue weighted by molar-refractivity contribution is 5.95.